The molecule has 8 nitrogen and oxygen atoms in total. The Morgan fingerprint density at radius 3 is 2.62 bits per heavy atom. The summed E-state index contributed by atoms with van der Waals surface area (Å²) in [5.74, 6) is 0.200. The van der Waals surface area contributed by atoms with E-state index in [1.165, 1.54) is 32.2 Å². The molecule has 0 aromatic heterocycles. The second-order valence-electron chi connectivity index (χ2n) is 5.53. The van der Waals surface area contributed by atoms with Gasteiger partial charge < -0.3 is 10.1 Å². The summed E-state index contributed by atoms with van der Waals surface area (Å²) in [6.07, 6.45) is 1.61. The van der Waals surface area contributed by atoms with Gasteiger partial charge in [0.15, 0.2) is 0 Å². The van der Waals surface area contributed by atoms with Crippen LogP contribution in [0, 0.1) is 0 Å². The molecule has 1 heterocycles. The van der Waals surface area contributed by atoms with Gasteiger partial charge in [-0.25, -0.2) is 21.6 Å². The Hall–Kier alpha value is -1.36. The zero-order valence-corrected chi connectivity index (χ0v) is 15.3. The standard InChI is InChI=1S/C14H23N3O5S2/c1-3-23(18,19)17-13-9-12(22-2)6-7-14(13)24(20,21)16-11-5-4-8-15-10-11/h6-7,9,11,15-17H,3-5,8,10H2,1-2H3. The van der Waals surface area contributed by atoms with E-state index in [1.54, 1.807) is 0 Å². The summed E-state index contributed by atoms with van der Waals surface area (Å²) < 4.78 is 59.1. The predicted octanol–water partition coefficient (Wildman–Crippen LogP) is 0.487. The number of benzene rings is 1. The number of methoxy groups -OCH3 is 1. The monoisotopic (exact) mass is 377 g/mol. The third-order valence-electron chi connectivity index (χ3n) is 3.74. The lowest BCUT2D eigenvalue weighted by Crippen LogP contribution is -2.45. The van der Waals surface area contributed by atoms with Crippen LogP contribution in [0.25, 0.3) is 0 Å². The van der Waals surface area contributed by atoms with Crippen molar-refractivity contribution in [1.29, 1.82) is 0 Å². The number of nitrogens with one attached hydrogen (secondary N) is 3. The molecule has 0 bridgehead atoms. The molecule has 1 aromatic carbocycles. The SMILES string of the molecule is CCS(=O)(=O)Nc1cc(OC)ccc1S(=O)(=O)NC1CCCNC1. The maximum Gasteiger partial charge on any atom is 0.242 e. The first-order chi connectivity index (χ1) is 11.3. The minimum atomic E-state index is -3.87. The van der Waals surface area contributed by atoms with E-state index in [4.69, 9.17) is 4.74 Å². The number of hydrogen-bond acceptors (Lipinski definition) is 6. The molecule has 24 heavy (non-hydrogen) atoms. The fourth-order valence-corrected chi connectivity index (χ4v) is 4.55. The molecule has 1 aromatic rings. The molecule has 0 amide bonds. The van der Waals surface area contributed by atoms with E-state index in [-0.39, 0.29) is 22.4 Å². The van der Waals surface area contributed by atoms with Crippen LogP contribution >= 0.6 is 0 Å². The van der Waals surface area contributed by atoms with Crippen LogP contribution in [-0.4, -0.2) is 48.8 Å². The molecule has 1 aliphatic rings. The highest BCUT2D eigenvalue weighted by atomic mass is 32.2. The van der Waals surface area contributed by atoms with Crippen LogP contribution in [0.15, 0.2) is 23.1 Å². The van der Waals surface area contributed by atoms with Gasteiger partial charge in [-0.3, -0.25) is 4.72 Å². The maximum absolute atomic E-state index is 12.7. The predicted molar refractivity (Wildman–Crippen MR) is 92.3 cm³/mol. The summed E-state index contributed by atoms with van der Waals surface area (Å²) in [7, 11) is -6.07. The topological polar surface area (TPSA) is 114 Å². The molecule has 0 aliphatic carbocycles. The summed E-state index contributed by atoms with van der Waals surface area (Å²) in [5, 5.41) is 3.13. The summed E-state index contributed by atoms with van der Waals surface area (Å²) in [5.41, 5.74) is -0.0209. The molecule has 1 saturated heterocycles. The molecule has 136 valence electrons. The van der Waals surface area contributed by atoms with Crippen LogP contribution in [0.2, 0.25) is 0 Å². The van der Waals surface area contributed by atoms with Crippen molar-refractivity contribution in [3.05, 3.63) is 18.2 Å². The first-order valence-electron chi connectivity index (χ1n) is 7.69. The smallest absolute Gasteiger partial charge is 0.242 e. The highest BCUT2D eigenvalue weighted by Gasteiger charge is 2.25. The van der Waals surface area contributed by atoms with Crippen LogP contribution in [0.4, 0.5) is 5.69 Å². The van der Waals surface area contributed by atoms with Crippen molar-refractivity contribution in [3.8, 4) is 5.75 Å². The molecular weight excluding hydrogens is 354 g/mol. The van der Waals surface area contributed by atoms with Gasteiger partial charge in [-0.15, -0.1) is 0 Å². The number of rotatable bonds is 7. The Bertz CT molecular complexity index is 772. The highest BCUT2D eigenvalue weighted by Crippen LogP contribution is 2.27. The minimum absolute atomic E-state index is 0.0209. The van der Waals surface area contributed by atoms with Gasteiger partial charge in [-0.1, -0.05) is 0 Å². The summed E-state index contributed by atoms with van der Waals surface area (Å²) in [6.45, 7) is 2.89. The zero-order chi connectivity index (χ0) is 17.8. The van der Waals surface area contributed by atoms with Gasteiger partial charge in [0.1, 0.15) is 10.6 Å². The van der Waals surface area contributed by atoms with Crippen LogP contribution in [-0.2, 0) is 20.0 Å². The Morgan fingerprint density at radius 1 is 1.29 bits per heavy atom. The molecule has 3 N–H and O–H groups in total. The third kappa shape index (κ3) is 4.82. The molecular formula is C14H23N3O5S2. The normalized spacial score (nSPS) is 19.0. The molecule has 1 unspecified atom stereocenters. The van der Waals surface area contributed by atoms with Crippen molar-refractivity contribution in [2.75, 3.05) is 30.7 Å². The van der Waals surface area contributed by atoms with E-state index in [2.05, 4.69) is 14.8 Å². The van der Waals surface area contributed by atoms with Gasteiger partial charge >= 0.3 is 0 Å². The second kappa shape index (κ2) is 7.68. The lowest BCUT2D eigenvalue weighted by atomic mass is 10.1. The average molecular weight is 377 g/mol. The number of piperidine rings is 1. The minimum Gasteiger partial charge on any atom is -0.497 e. The molecule has 10 heteroatoms. The van der Waals surface area contributed by atoms with Gasteiger partial charge in [-0.2, -0.15) is 0 Å². The van der Waals surface area contributed by atoms with E-state index in [0.717, 1.165) is 19.4 Å². The molecule has 2 rings (SSSR count). The number of ether oxygens (including phenoxy) is 1. The largest absolute Gasteiger partial charge is 0.497 e. The van der Waals surface area contributed by atoms with Crippen LogP contribution < -0.4 is 19.5 Å². The van der Waals surface area contributed by atoms with Gasteiger partial charge in [0.2, 0.25) is 20.0 Å². The summed E-state index contributed by atoms with van der Waals surface area (Å²) in [6, 6.07) is 3.96. The lowest BCUT2D eigenvalue weighted by molar-refractivity contribution is 0.414. The Morgan fingerprint density at radius 2 is 2.04 bits per heavy atom. The van der Waals surface area contributed by atoms with Crippen LogP contribution in [0.3, 0.4) is 0 Å². The van der Waals surface area contributed by atoms with E-state index >= 15 is 0 Å². The number of hydrogen-bond donors (Lipinski definition) is 3. The van der Waals surface area contributed by atoms with Gasteiger partial charge in [0, 0.05) is 18.7 Å². The van der Waals surface area contributed by atoms with Crippen molar-refractivity contribution >= 4 is 25.7 Å². The Kier molecular flexibility index (Phi) is 6.07. The van der Waals surface area contributed by atoms with E-state index < -0.39 is 20.0 Å². The van der Waals surface area contributed by atoms with Gasteiger partial charge in [0.05, 0.1) is 18.6 Å². The van der Waals surface area contributed by atoms with E-state index in [1.807, 2.05) is 0 Å². The van der Waals surface area contributed by atoms with Crippen molar-refractivity contribution in [1.82, 2.24) is 10.0 Å². The van der Waals surface area contributed by atoms with Crippen molar-refractivity contribution in [2.45, 2.75) is 30.7 Å². The molecule has 0 radical (unpaired) electrons. The fourth-order valence-electron chi connectivity index (χ4n) is 2.43. The summed E-state index contributed by atoms with van der Waals surface area (Å²) >= 11 is 0. The second-order valence-corrected chi connectivity index (χ2v) is 9.23. The van der Waals surface area contributed by atoms with Crippen molar-refractivity contribution in [3.63, 3.8) is 0 Å². The van der Waals surface area contributed by atoms with E-state index in [0.29, 0.717) is 12.3 Å². The third-order valence-corrected chi connectivity index (χ3v) is 6.61. The first-order valence-corrected chi connectivity index (χ1v) is 10.8. The van der Waals surface area contributed by atoms with Gasteiger partial charge in [-0.05, 0) is 38.4 Å². The Labute approximate surface area is 143 Å². The van der Waals surface area contributed by atoms with Crippen LogP contribution in [0.5, 0.6) is 5.75 Å². The molecule has 0 spiro atoms. The zero-order valence-electron chi connectivity index (χ0n) is 13.7. The summed E-state index contributed by atoms with van der Waals surface area (Å²) in [4.78, 5) is -0.120. The highest BCUT2D eigenvalue weighted by molar-refractivity contribution is 7.93. The molecule has 1 fully saturated rings. The molecule has 1 aliphatic heterocycles. The quantitative estimate of drug-likeness (QED) is 0.637. The van der Waals surface area contributed by atoms with Gasteiger partial charge in [0.25, 0.3) is 0 Å². The maximum atomic E-state index is 12.7. The van der Waals surface area contributed by atoms with E-state index in [9.17, 15) is 16.8 Å². The Balaban J connectivity index is 2.36. The fraction of sp³-hybridized carbons (Fsp3) is 0.571. The number of anilines is 1. The first kappa shape index (κ1) is 19.0. The van der Waals surface area contributed by atoms with Crippen molar-refractivity contribution in [2.24, 2.45) is 0 Å². The molecule has 0 saturated carbocycles. The molecule has 1 atom stereocenters. The van der Waals surface area contributed by atoms with Crippen LogP contribution in [0.1, 0.15) is 19.8 Å². The van der Waals surface area contributed by atoms with Crippen molar-refractivity contribution < 1.29 is 21.6 Å². The lowest BCUT2D eigenvalue weighted by Gasteiger charge is -2.24. The average Bonchev–Trinajstić information content (AvgIpc) is 2.54. The number of sulfonamides is 2.